The SMILES string of the molecule is CCCCCCCCCCCCCCCCOc1ccc(-c2nnc(-c3ccc4cc(OCCCCCCCCCCCC)ccc4c3)s2)c(O)c1. The summed E-state index contributed by atoms with van der Waals surface area (Å²) in [4.78, 5) is 0. The van der Waals surface area contributed by atoms with Gasteiger partial charge in [0.15, 0.2) is 5.01 Å². The minimum absolute atomic E-state index is 0.171. The Labute approximate surface area is 320 Å². The van der Waals surface area contributed by atoms with Gasteiger partial charge in [-0.25, -0.2) is 0 Å². The lowest BCUT2D eigenvalue weighted by molar-refractivity contribution is 0.302. The van der Waals surface area contributed by atoms with E-state index in [4.69, 9.17) is 9.47 Å². The first kappa shape index (κ1) is 41.6. The molecule has 1 aromatic heterocycles. The zero-order valence-electron chi connectivity index (χ0n) is 32.6. The van der Waals surface area contributed by atoms with Crippen molar-refractivity contribution < 1.29 is 14.6 Å². The van der Waals surface area contributed by atoms with Crippen molar-refractivity contribution in [2.24, 2.45) is 0 Å². The molecule has 3 aromatic carbocycles. The fourth-order valence-corrected chi connectivity index (χ4v) is 7.82. The highest BCUT2D eigenvalue weighted by atomic mass is 32.1. The molecule has 0 spiro atoms. The molecule has 0 amide bonds. The Morgan fingerprint density at radius 1 is 0.462 bits per heavy atom. The molecule has 0 atom stereocenters. The first-order chi connectivity index (χ1) is 25.7. The van der Waals surface area contributed by atoms with Crippen LogP contribution >= 0.6 is 11.3 Å². The first-order valence-electron chi connectivity index (χ1n) is 21.1. The molecule has 0 aliphatic rings. The lowest BCUT2D eigenvalue weighted by atomic mass is 10.0. The second-order valence-corrected chi connectivity index (χ2v) is 15.8. The highest BCUT2D eigenvalue weighted by molar-refractivity contribution is 7.18. The van der Waals surface area contributed by atoms with E-state index in [0.29, 0.717) is 22.9 Å². The number of nitrogens with zero attached hydrogens (tertiary/aromatic N) is 2. The summed E-state index contributed by atoms with van der Waals surface area (Å²) in [6.45, 7) is 6.00. The van der Waals surface area contributed by atoms with Crippen LogP contribution in [0, 0.1) is 0 Å². The highest BCUT2D eigenvalue weighted by Crippen LogP contribution is 2.37. The molecule has 52 heavy (non-hydrogen) atoms. The molecule has 1 N–H and O–H groups in total. The van der Waals surface area contributed by atoms with E-state index in [0.717, 1.165) is 46.5 Å². The molecule has 4 aromatic rings. The Morgan fingerprint density at radius 2 is 0.885 bits per heavy atom. The Hall–Kier alpha value is -3.12. The summed E-state index contributed by atoms with van der Waals surface area (Å²) in [7, 11) is 0. The summed E-state index contributed by atoms with van der Waals surface area (Å²) in [6.07, 6.45) is 32.1. The Kier molecular flexibility index (Phi) is 20.6. The molecule has 0 fully saturated rings. The number of rotatable bonds is 30. The van der Waals surface area contributed by atoms with E-state index in [2.05, 4.69) is 60.4 Å². The lowest BCUT2D eigenvalue weighted by Gasteiger charge is -2.08. The first-order valence-corrected chi connectivity index (χ1v) is 22.0. The quantitative estimate of drug-likeness (QED) is 0.0542. The number of hydrogen-bond donors (Lipinski definition) is 1. The number of ether oxygens (including phenoxy) is 2. The van der Waals surface area contributed by atoms with Gasteiger partial charge >= 0.3 is 0 Å². The average molecular weight is 729 g/mol. The van der Waals surface area contributed by atoms with E-state index in [-0.39, 0.29) is 5.75 Å². The second kappa shape index (κ2) is 25.8. The third kappa shape index (κ3) is 15.9. The summed E-state index contributed by atoms with van der Waals surface area (Å²) >= 11 is 1.49. The smallest absolute Gasteiger partial charge is 0.151 e. The molecule has 0 radical (unpaired) electrons. The van der Waals surface area contributed by atoms with Crippen LogP contribution in [0.3, 0.4) is 0 Å². The molecule has 0 saturated carbocycles. The molecular weight excluding hydrogens is 661 g/mol. The van der Waals surface area contributed by atoms with Gasteiger partial charge in [0.05, 0.1) is 18.8 Å². The summed E-state index contributed by atoms with van der Waals surface area (Å²) in [6, 6.07) is 18.2. The molecule has 286 valence electrons. The maximum Gasteiger partial charge on any atom is 0.151 e. The predicted octanol–water partition coefficient (Wildman–Crippen LogP) is 14.9. The molecule has 0 saturated heterocycles. The van der Waals surface area contributed by atoms with Crippen molar-refractivity contribution in [3.8, 4) is 38.4 Å². The van der Waals surface area contributed by atoms with Gasteiger partial charge in [0.2, 0.25) is 0 Å². The van der Waals surface area contributed by atoms with Crippen LogP contribution in [0.1, 0.15) is 168 Å². The number of aromatic nitrogens is 2. The monoisotopic (exact) mass is 728 g/mol. The van der Waals surface area contributed by atoms with E-state index in [1.165, 1.54) is 153 Å². The van der Waals surface area contributed by atoms with Crippen LogP contribution in [-0.2, 0) is 0 Å². The number of phenols is 1. The Bertz CT molecular complexity index is 1520. The van der Waals surface area contributed by atoms with Crippen LogP contribution < -0.4 is 9.47 Å². The van der Waals surface area contributed by atoms with Gasteiger partial charge < -0.3 is 14.6 Å². The maximum absolute atomic E-state index is 10.8. The molecular formula is C46H68N2O3S. The van der Waals surface area contributed by atoms with Crippen LogP contribution in [-0.4, -0.2) is 28.5 Å². The molecule has 4 rings (SSSR count). The standard InChI is InChI=1S/C46H68N2O3S/c1-3-5-7-9-11-13-15-16-17-18-20-22-24-26-34-51-42-31-32-43(44(49)37-42)46-48-47-45(52-46)40-28-27-39-36-41(30-29-38(39)35-40)50-33-25-23-21-19-14-12-10-8-6-4-2/h27-32,35-37,49H,3-26,33-34H2,1-2H3. The molecule has 0 bridgehead atoms. The van der Waals surface area contributed by atoms with Gasteiger partial charge in [-0.15, -0.1) is 10.2 Å². The third-order valence-electron chi connectivity index (χ3n) is 10.2. The van der Waals surface area contributed by atoms with Crippen molar-refractivity contribution in [2.75, 3.05) is 13.2 Å². The summed E-state index contributed by atoms with van der Waals surface area (Å²) in [5.41, 5.74) is 1.69. The molecule has 6 heteroatoms. The lowest BCUT2D eigenvalue weighted by Crippen LogP contribution is -1.97. The summed E-state index contributed by atoms with van der Waals surface area (Å²) in [5.74, 6) is 1.80. The van der Waals surface area contributed by atoms with Crippen molar-refractivity contribution >= 4 is 22.1 Å². The van der Waals surface area contributed by atoms with Crippen LogP contribution in [0.4, 0.5) is 0 Å². The Morgan fingerprint density at radius 3 is 1.40 bits per heavy atom. The topological polar surface area (TPSA) is 64.5 Å². The number of aromatic hydroxyl groups is 1. The second-order valence-electron chi connectivity index (χ2n) is 14.8. The van der Waals surface area contributed by atoms with Crippen molar-refractivity contribution in [3.63, 3.8) is 0 Å². The number of phenolic OH excluding ortho intramolecular Hbond substituents is 1. The molecule has 5 nitrogen and oxygen atoms in total. The van der Waals surface area contributed by atoms with Crippen LogP contribution in [0.2, 0.25) is 0 Å². The molecule has 1 heterocycles. The van der Waals surface area contributed by atoms with E-state index in [1.54, 1.807) is 6.07 Å². The van der Waals surface area contributed by atoms with E-state index in [1.807, 2.05) is 12.1 Å². The predicted molar refractivity (Wildman–Crippen MR) is 223 cm³/mol. The van der Waals surface area contributed by atoms with Gasteiger partial charge in [0.1, 0.15) is 22.3 Å². The van der Waals surface area contributed by atoms with Gasteiger partial charge in [0.25, 0.3) is 0 Å². The maximum atomic E-state index is 10.8. The van der Waals surface area contributed by atoms with Gasteiger partial charge in [-0.2, -0.15) is 0 Å². The number of hydrogen-bond acceptors (Lipinski definition) is 6. The van der Waals surface area contributed by atoms with Gasteiger partial charge in [-0.05, 0) is 53.9 Å². The normalized spacial score (nSPS) is 11.4. The minimum atomic E-state index is 0.171. The Balaban J connectivity index is 1.11. The summed E-state index contributed by atoms with van der Waals surface area (Å²) in [5, 5.41) is 23.5. The zero-order chi connectivity index (χ0) is 36.5. The minimum Gasteiger partial charge on any atom is -0.507 e. The van der Waals surface area contributed by atoms with Crippen LogP contribution in [0.15, 0.2) is 54.6 Å². The van der Waals surface area contributed by atoms with Gasteiger partial charge in [-0.1, -0.05) is 185 Å². The number of benzene rings is 3. The zero-order valence-corrected chi connectivity index (χ0v) is 33.5. The molecule has 0 aliphatic carbocycles. The van der Waals surface area contributed by atoms with Crippen LogP contribution in [0.5, 0.6) is 17.2 Å². The average Bonchev–Trinajstić information content (AvgIpc) is 3.65. The van der Waals surface area contributed by atoms with Crippen molar-refractivity contribution in [1.29, 1.82) is 0 Å². The van der Waals surface area contributed by atoms with E-state index < -0.39 is 0 Å². The molecule has 0 unspecified atom stereocenters. The number of unbranched alkanes of at least 4 members (excludes halogenated alkanes) is 22. The van der Waals surface area contributed by atoms with Gasteiger partial charge in [0, 0.05) is 11.6 Å². The van der Waals surface area contributed by atoms with Crippen molar-refractivity contribution in [2.45, 2.75) is 168 Å². The largest absolute Gasteiger partial charge is 0.507 e. The van der Waals surface area contributed by atoms with Crippen molar-refractivity contribution in [3.05, 3.63) is 54.6 Å². The summed E-state index contributed by atoms with van der Waals surface area (Å²) < 4.78 is 12.1. The molecule has 0 aliphatic heterocycles. The van der Waals surface area contributed by atoms with Crippen molar-refractivity contribution in [1.82, 2.24) is 10.2 Å². The third-order valence-corrected chi connectivity index (χ3v) is 11.2. The van der Waals surface area contributed by atoms with E-state index >= 15 is 0 Å². The fourth-order valence-electron chi connectivity index (χ4n) is 6.94. The van der Waals surface area contributed by atoms with E-state index in [9.17, 15) is 5.11 Å². The van der Waals surface area contributed by atoms with Gasteiger partial charge in [-0.3, -0.25) is 0 Å². The number of fused-ring (bicyclic) bond motifs is 1. The fraction of sp³-hybridized carbons (Fsp3) is 0.609. The highest BCUT2D eigenvalue weighted by Gasteiger charge is 2.14. The van der Waals surface area contributed by atoms with Crippen LogP contribution in [0.25, 0.3) is 31.9 Å².